The molecule has 3 rings (SSSR count). The molecule has 0 saturated heterocycles. The standard InChI is InChI=1S/C20H26N2OS/c1-20(2,3)17-9-7-16(8-10-17)14-22(15-18-6-4-12-23-18)19-21-11-5-13-24-19/h4,6-10,12H,5,11,13-15H2,1-3H3. The fourth-order valence-corrected chi connectivity index (χ4v) is 3.70. The highest BCUT2D eigenvalue weighted by molar-refractivity contribution is 8.13. The summed E-state index contributed by atoms with van der Waals surface area (Å²) in [4.78, 5) is 7.06. The number of amidine groups is 1. The zero-order chi connectivity index (χ0) is 17.0. The Bertz CT molecular complexity index is 669. The predicted octanol–water partition coefficient (Wildman–Crippen LogP) is 5.07. The molecule has 4 heteroatoms. The minimum atomic E-state index is 0.190. The molecule has 1 aromatic heterocycles. The average molecular weight is 343 g/mol. The summed E-state index contributed by atoms with van der Waals surface area (Å²) < 4.78 is 5.55. The molecular weight excluding hydrogens is 316 g/mol. The van der Waals surface area contributed by atoms with Crippen LogP contribution in [0, 0.1) is 0 Å². The first-order valence-corrected chi connectivity index (χ1v) is 9.55. The van der Waals surface area contributed by atoms with Gasteiger partial charge in [-0.1, -0.05) is 56.8 Å². The minimum Gasteiger partial charge on any atom is -0.467 e. The van der Waals surface area contributed by atoms with Crippen LogP contribution in [0.5, 0.6) is 0 Å². The van der Waals surface area contributed by atoms with Gasteiger partial charge < -0.3 is 9.32 Å². The van der Waals surface area contributed by atoms with Gasteiger partial charge in [0.1, 0.15) is 5.76 Å². The summed E-state index contributed by atoms with van der Waals surface area (Å²) in [5.74, 6) is 2.13. The van der Waals surface area contributed by atoms with Crippen LogP contribution < -0.4 is 0 Å². The van der Waals surface area contributed by atoms with Crippen molar-refractivity contribution in [1.82, 2.24) is 4.90 Å². The molecule has 1 aliphatic heterocycles. The molecule has 0 amide bonds. The molecule has 0 N–H and O–H groups in total. The molecule has 24 heavy (non-hydrogen) atoms. The second kappa shape index (κ2) is 7.47. The maximum Gasteiger partial charge on any atom is 0.159 e. The first-order chi connectivity index (χ1) is 11.5. The Kier molecular flexibility index (Phi) is 5.34. The largest absolute Gasteiger partial charge is 0.467 e. The van der Waals surface area contributed by atoms with E-state index in [1.807, 2.05) is 23.9 Å². The molecule has 0 fully saturated rings. The lowest BCUT2D eigenvalue weighted by molar-refractivity contribution is 0.360. The van der Waals surface area contributed by atoms with E-state index >= 15 is 0 Å². The van der Waals surface area contributed by atoms with Crippen molar-refractivity contribution in [2.75, 3.05) is 12.3 Å². The van der Waals surface area contributed by atoms with Gasteiger partial charge in [0, 0.05) is 18.8 Å². The van der Waals surface area contributed by atoms with Crippen LogP contribution in [0.4, 0.5) is 0 Å². The normalized spacial score (nSPS) is 15.2. The summed E-state index contributed by atoms with van der Waals surface area (Å²) in [7, 11) is 0. The highest BCUT2D eigenvalue weighted by Crippen LogP contribution is 2.24. The molecule has 1 aromatic carbocycles. The zero-order valence-electron chi connectivity index (χ0n) is 14.8. The maximum absolute atomic E-state index is 5.55. The first kappa shape index (κ1) is 17.2. The van der Waals surface area contributed by atoms with Crippen molar-refractivity contribution in [3.8, 4) is 0 Å². The molecular formula is C20H26N2OS. The molecule has 0 spiro atoms. The predicted molar refractivity (Wildman–Crippen MR) is 102 cm³/mol. The summed E-state index contributed by atoms with van der Waals surface area (Å²) in [6.07, 6.45) is 2.91. The first-order valence-electron chi connectivity index (χ1n) is 8.56. The van der Waals surface area contributed by atoms with Gasteiger partial charge in [0.05, 0.1) is 12.8 Å². The van der Waals surface area contributed by atoms with Crippen molar-refractivity contribution in [2.45, 2.75) is 45.7 Å². The number of furan rings is 1. The van der Waals surface area contributed by atoms with E-state index in [1.54, 1.807) is 6.26 Å². The highest BCUT2D eigenvalue weighted by atomic mass is 32.2. The lowest BCUT2D eigenvalue weighted by Gasteiger charge is -2.27. The van der Waals surface area contributed by atoms with Gasteiger partial charge in [0.25, 0.3) is 0 Å². The molecule has 0 radical (unpaired) electrons. The Hall–Kier alpha value is -1.68. The number of rotatable bonds is 4. The van der Waals surface area contributed by atoms with Gasteiger partial charge in [-0.05, 0) is 35.1 Å². The molecule has 0 unspecified atom stereocenters. The van der Waals surface area contributed by atoms with Crippen LogP contribution in [0.2, 0.25) is 0 Å². The third-order valence-electron chi connectivity index (χ3n) is 4.17. The van der Waals surface area contributed by atoms with Crippen molar-refractivity contribution >= 4 is 16.9 Å². The van der Waals surface area contributed by atoms with Crippen molar-refractivity contribution in [1.29, 1.82) is 0 Å². The van der Waals surface area contributed by atoms with Gasteiger partial charge in [0.15, 0.2) is 5.17 Å². The van der Waals surface area contributed by atoms with Crippen molar-refractivity contribution in [3.05, 3.63) is 59.5 Å². The van der Waals surface area contributed by atoms with Crippen LogP contribution in [-0.4, -0.2) is 22.4 Å². The zero-order valence-corrected chi connectivity index (χ0v) is 15.6. The summed E-state index contributed by atoms with van der Waals surface area (Å²) >= 11 is 1.85. The van der Waals surface area contributed by atoms with E-state index in [9.17, 15) is 0 Å². The van der Waals surface area contributed by atoms with Crippen LogP contribution >= 0.6 is 11.8 Å². The Balaban J connectivity index is 1.77. The van der Waals surface area contributed by atoms with Gasteiger partial charge in [-0.3, -0.25) is 4.99 Å². The van der Waals surface area contributed by atoms with Crippen LogP contribution in [0.1, 0.15) is 44.1 Å². The lowest BCUT2D eigenvalue weighted by atomic mass is 9.87. The number of hydrogen-bond donors (Lipinski definition) is 0. The number of benzene rings is 1. The minimum absolute atomic E-state index is 0.190. The Morgan fingerprint density at radius 1 is 1.12 bits per heavy atom. The molecule has 0 aliphatic carbocycles. The van der Waals surface area contributed by atoms with Crippen molar-refractivity contribution < 1.29 is 4.42 Å². The van der Waals surface area contributed by atoms with Gasteiger partial charge in [-0.2, -0.15) is 0 Å². The molecule has 1 aliphatic rings. The summed E-state index contributed by atoms with van der Waals surface area (Å²) in [5, 5.41) is 1.14. The second-order valence-electron chi connectivity index (χ2n) is 7.25. The third kappa shape index (κ3) is 4.44. The highest BCUT2D eigenvalue weighted by Gasteiger charge is 2.18. The molecule has 0 saturated carbocycles. The Morgan fingerprint density at radius 3 is 2.50 bits per heavy atom. The van der Waals surface area contributed by atoms with E-state index in [4.69, 9.17) is 9.41 Å². The van der Waals surface area contributed by atoms with E-state index in [0.29, 0.717) is 0 Å². The van der Waals surface area contributed by atoms with Gasteiger partial charge >= 0.3 is 0 Å². The van der Waals surface area contributed by atoms with Gasteiger partial charge in [-0.15, -0.1) is 0 Å². The Morgan fingerprint density at radius 2 is 1.92 bits per heavy atom. The topological polar surface area (TPSA) is 28.7 Å². The summed E-state index contributed by atoms with van der Waals surface area (Å²) in [5.41, 5.74) is 2.87. The number of hydrogen-bond acceptors (Lipinski definition) is 4. The quantitative estimate of drug-likeness (QED) is 0.776. The molecule has 3 nitrogen and oxygen atoms in total. The van der Waals surface area contributed by atoms with Gasteiger partial charge in [0.2, 0.25) is 0 Å². The number of nitrogens with zero attached hydrogens (tertiary/aromatic N) is 2. The SMILES string of the molecule is CC(C)(C)c1ccc(CN(Cc2ccco2)C2=NCCCS2)cc1. The summed E-state index contributed by atoms with van der Waals surface area (Å²) in [6, 6.07) is 12.9. The molecule has 2 heterocycles. The van der Waals surface area contributed by atoms with Crippen molar-refractivity contribution in [3.63, 3.8) is 0 Å². The fraction of sp³-hybridized carbons (Fsp3) is 0.450. The van der Waals surface area contributed by atoms with E-state index in [2.05, 4.69) is 49.9 Å². The van der Waals surface area contributed by atoms with E-state index < -0.39 is 0 Å². The van der Waals surface area contributed by atoms with Crippen LogP contribution in [0.3, 0.4) is 0 Å². The van der Waals surface area contributed by atoms with E-state index in [-0.39, 0.29) is 5.41 Å². The number of aliphatic imine (C=N–C) groups is 1. The third-order valence-corrected chi connectivity index (χ3v) is 5.31. The lowest BCUT2D eigenvalue weighted by Crippen LogP contribution is -2.29. The van der Waals surface area contributed by atoms with E-state index in [0.717, 1.165) is 36.3 Å². The van der Waals surface area contributed by atoms with Crippen LogP contribution in [0.15, 0.2) is 52.1 Å². The molecule has 128 valence electrons. The average Bonchev–Trinajstić information content (AvgIpc) is 3.08. The van der Waals surface area contributed by atoms with E-state index in [1.165, 1.54) is 17.5 Å². The van der Waals surface area contributed by atoms with Crippen LogP contribution in [0.25, 0.3) is 0 Å². The molecule has 0 atom stereocenters. The fourth-order valence-electron chi connectivity index (χ4n) is 2.75. The monoisotopic (exact) mass is 342 g/mol. The Labute approximate surface area is 149 Å². The van der Waals surface area contributed by atoms with Gasteiger partial charge in [-0.25, -0.2) is 0 Å². The van der Waals surface area contributed by atoms with Crippen molar-refractivity contribution in [2.24, 2.45) is 4.99 Å². The second-order valence-corrected chi connectivity index (χ2v) is 8.31. The molecule has 2 aromatic rings. The summed E-state index contributed by atoms with van der Waals surface area (Å²) in [6.45, 7) is 9.30. The smallest absolute Gasteiger partial charge is 0.159 e. The van der Waals surface area contributed by atoms with Crippen LogP contribution in [-0.2, 0) is 18.5 Å². The number of thioether (sulfide) groups is 1. The maximum atomic E-state index is 5.55. The molecule has 0 bridgehead atoms.